The monoisotopic (exact) mass is 354 g/mol. The fourth-order valence-corrected chi connectivity index (χ4v) is 1.93. The first-order chi connectivity index (χ1) is 11.4. The number of hydrogen-bond donors (Lipinski definition) is 4. The van der Waals surface area contributed by atoms with Crippen molar-refractivity contribution in [2.24, 2.45) is 11.5 Å². The van der Waals surface area contributed by atoms with Crippen molar-refractivity contribution in [1.29, 1.82) is 0 Å². The van der Waals surface area contributed by atoms with Gasteiger partial charge in [-0.15, -0.1) is 0 Å². The van der Waals surface area contributed by atoms with Crippen molar-refractivity contribution in [2.45, 2.75) is 25.3 Å². The molecule has 0 bridgehead atoms. The van der Waals surface area contributed by atoms with E-state index in [4.69, 9.17) is 16.6 Å². The van der Waals surface area contributed by atoms with E-state index in [9.17, 15) is 20.0 Å². The highest BCUT2D eigenvalue weighted by Gasteiger charge is 2.13. The minimum absolute atomic E-state index is 0. The quantitative estimate of drug-likeness (QED) is 0.327. The summed E-state index contributed by atoms with van der Waals surface area (Å²) in [6, 6.07) is 4.97. The van der Waals surface area contributed by atoms with Gasteiger partial charge in [0.25, 0.3) is 5.69 Å². The van der Waals surface area contributed by atoms with Crippen molar-refractivity contribution in [3.8, 4) is 5.75 Å². The number of carboxylic acids is 1. The molecular formula is C15H22N4O6. The van der Waals surface area contributed by atoms with Crippen molar-refractivity contribution in [2.75, 3.05) is 6.54 Å². The minimum Gasteiger partial charge on any atom is -0.506 e. The number of phenolic OH excluding ortho intramolecular Hbond substituents is 1. The molecule has 0 aliphatic carbocycles. The number of hydrogen-bond acceptors (Lipinski definition) is 7. The molecule has 0 saturated heterocycles. The molecule has 0 saturated carbocycles. The summed E-state index contributed by atoms with van der Waals surface area (Å²) in [5.41, 5.74) is 10.6. The van der Waals surface area contributed by atoms with Crippen LogP contribution in [-0.4, -0.2) is 44.2 Å². The third kappa shape index (κ3) is 6.67. The van der Waals surface area contributed by atoms with Gasteiger partial charge in [-0.2, -0.15) is 0 Å². The third-order valence-corrected chi connectivity index (χ3v) is 3.21. The fraction of sp³-hybridized carbons (Fsp3) is 0.333. The lowest BCUT2D eigenvalue weighted by atomic mass is 10.1. The minimum atomic E-state index is -0.933. The van der Waals surface area contributed by atoms with Crippen LogP contribution >= 0.6 is 0 Å². The van der Waals surface area contributed by atoms with Crippen LogP contribution in [0.1, 0.15) is 19.3 Å². The number of carboxylic acid groups (broad SMARTS) is 1. The zero-order valence-electron chi connectivity index (χ0n) is 13.5. The van der Waals surface area contributed by atoms with Gasteiger partial charge < -0.3 is 27.2 Å². The van der Waals surface area contributed by atoms with Gasteiger partial charge in [0.1, 0.15) is 17.3 Å². The number of unbranched alkanes of at least 4 members (excludes halogenated alkanes) is 1. The smallest absolute Gasteiger partial charge is 0.320 e. The highest BCUT2D eigenvalue weighted by atomic mass is 16.6. The molecule has 0 aliphatic rings. The highest BCUT2D eigenvalue weighted by Crippen LogP contribution is 2.29. The summed E-state index contributed by atoms with van der Waals surface area (Å²) in [4.78, 5) is 24.1. The molecule has 1 atom stereocenters. The number of rotatable bonds is 6. The van der Waals surface area contributed by atoms with Crippen LogP contribution in [0.5, 0.6) is 5.75 Å². The normalized spacial score (nSPS) is 11.0. The van der Waals surface area contributed by atoms with Crippen LogP contribution in [0, 0.1) is 10.1 Å². The summed E-state index contributed by atoms with van der Waals surface area (Å²) in [5.74, 6) is -0.983. The third-order valence-electron chi connectivity index (χ3n) is 3.21. The molecule has 2 aromatic rings. The van der Waals surface area contributed by atoms with Crippen LogP contribution < -0.4 is 11.5 Å². The van der Waals surface area contributed by atoms with E-state index in [0.29, 0.717) is 18.4 Å². The lowest BCUT2D eigenvalue weighted by Gasteiger charge is -2.03. The van der Waals surface area contributed by atoms with Gasteiger partial charge in [0.2, 0.25) is 0 Å². The zero-order valence-corrected chi connectivity index (χ0v) is 13.5. The molecule has 10 heteroatoms. The van der Waals surface area contributed by atoms with Crippen LogP contribution in [-0.2, 0) is 4.79 Å². The Labute approximate surface area is 143 Å². The number of nitro groups is 1. The Bertz CT molecular complexity index is 709. The fourth-order valence-electron chi connectivity index (χ4n) is 1.93. The number of aromatic hydroxyl groups is 1. The van der Waals surface area contributed by atoms with Gasteiger partial charge in [-0.05, 0) is 37.6 Å². The summed E-state index contributed by atoms with van der Waals surface area (Å²) < 4.78 is 0. The predicted molar refractivity (Wildman–Crippen MR) is 92.2 cm³/mol. The van der Waals surface area contributed by atoms with Crippen LogP contribution in [0.25, 0.3) is 10.9 Å². The second kappa shape index (κ2) is 10.9. The number of pyridine rings is 1. The summed E-state index contributed by atoms with van der Waals surface area (Å²) >= 11 is 0. The molecule has 10 nitrogen and oxygen atoms in total. The van der Waals surface area contributed by atoms with E-state index in [2.05, 4.69) is 4.98 Å². The van der Waals surface area contributed by atoms with Crippen molar-refractivity contribution < 1.29 is 25.4 Å². The topological polar surface area (TPSA) is 197 Å². The molecule has 0 fully saturated rings. The maximum atomic E-state index is 10.6. The summed E-state index contributed by atoms with van der Waals surface area (Å²) in [5, 5.41) is 28.7. The van der Waals surface area contributed by atoms with E-state index in [1.807, 2.05) is 0 Å². The van der Waals surface area contributed by atoms with Gasteiger partial charge in [-0.3, -0.25) is 19.9 Å². The van der Waals surface area contributed by atoms with Crippen molar-refractivity contribution >= 4 is 22.6 Å². The Morgan fingerprint density at radius 2 is 2.00 bits per heavy atom. The number of carbonyl (C=O) groups is 1. The molecule has 0 unspecified atom stereocenters. The largest absolute Gasteiger partial charge is 0.506 e. The van der Waals surface area contributed by atoms with Gasteiger partial charge in [0, 0.05) is 12.3 Å². The average Bonchev–Trinajstić information content (AvgIpc) is 2.55. The van der Waals surface area contributed by atoms with Crippen molar-refractivity contribution in [3.63, 3.8) is 0 Å². The van der Waals surface area contributed by atoms with E-state index in [1.54, 1.807) is 12.1 Å². The molecule has 8 N–H and O–H groups in total. The predicted octanol–water partition coefficient (Wildman–Crippen LogP) is 0.551. The molecule has 0 amide bonds. The number of benzene rings is 1. The van der Waals surface area contributed by atoms with Gasteiger partial charge >= 0.3 is 5.97 Å². The summed E-state index contributed by atoms with van der Waals surface area (Å²) in [6.07, 6.45) is 3.64. The molecule has 0 aliphatic heterocycles. The summed E-state index contributed by atoms with van der Waals surface area (Å²) in [7, 11) is 0. The Balaban J connectivity index is 0.000000471. The number of aromatic nitrogens is 1. The molecule has 1 heterocycles. The number of nitro benzene ring substituents is 1. The van der Waals surface area contributed by atoms with E-state index < -0.39 is 16.9 Å². The zero-order chi connectivity index (χ0) is 18.1. The number of nitrogens with two attached hydrogens (primary N) is 2. The van der Waals surface area contributed by atoms with Crippen molar-refractivity contribution in [3.05, 3.63) is 40.6 Å². The highest BCUT2D eigenvalue weighted by molar-refractivity contribution is 5.91. The number of aliphatic carboxylic acids is 1. The molecule has 25 heavy (non-hydrogen) atoms. The van der Waals surface area contributed by atoms with Crippen LogP contribution in [0.4, 0.5) is 5.69 Å². The number of non-ortho nitro benzene ring substituents is 1. The molecule has 0 radical (unpaired) electrons. The second-order valence-electron chi connectivity index (χ2n) is 4.99. The van der Waals surface area contributed by atoms with Gasteiger partial charge in [0.15, 0.2) is 0 Å². The van der Waals surface area contributed by atoms with E-state index >= 15 is 0 Å². The first-order valence-corrected chi connectivity index (χ1v) is 7.28. The van der Waals surface area contributed by atoms with Crippen molar-refractivity contribution in [1.82, 2.24) is 4.98 Å². The van der Waals surface area contributed by atoms with Gasteiger partial charge in [0.05, 0.1) is 10.3 Å². The first kappa shape index (κ1) is 22.2. The lowest BCUT2D eigenvalue weighted by Crippen LogP contribution is -2.29. The molecular weight excluding hydrogens is 332 g/mol. The number of phenols is 1. The maximum Gasteiger partial charge on any atom is 0.320 e. The second-order valence-corrected chi connectivity index (χ2v) is 4.99. The standard InChI is InChI=1S/C9H6N2O3.C6H14N2O2.H2O/c12-8-4-3-7(11(13)14)6-2-1-5-10-9(6)8;7-4-2-1-3-5(8)6(9)10;/h1-5,12H;5H,1-4,7-8H2,(H,9,10);1H2/t;5-;/m.0./s1. The van der Waals surface area contributed by atoms with Gasteiger partial charge in [-0.1, -0.05) is 6.42 Å². The Morgan fingerprint density at radius 3 is 2.56 bits per heavy atom. The Hall–Kier alpha value is -2.82. The van der Waals surface area contributed by atoms with E-state index in [1.165, 1.54) is 18.3 Å². The SMILES string of the molecule is NCCCC[C@H](N)C(=O)O.O.O=[N+]([O-])c1ccc(O)c2ncccc12. The maximum absolute atomic E-state index is 10.6. The van der Waals surface area contributed by atoms with Crippen LogP contribution in [0.2, 0.25) is 0 Å². The summed E-state index contributed by atoms with van der Waals surface area (Å²) in [6.45, 7) is 0.604. The van der Waals surface area contributed by atoms with Crippen LogP contribution in [0.15, 0.2) is 30.5 Å². The molecule has 0 spiro atoms. The van der Waals surface area contributed by atoms with Gasteiger partial charge in [-0.25, -0.2) is 0 Å². The lowest BCUT2D eigenvalue weighted by molar-refractivity contribution is -0.383. The number of nitrogens with zero attached hydrogens (tertiary/aromatic N) is 2. The average molecular weight is 354 g/mol. The molecule has 1 aromatic carbocycles. The van der Waals surface area contributed by atoms with E-state index in [-0.39, 0.29) is 22.4 Å². The van der Waals surface area contributed by atoms with Crippen LogP contribution in [0.3, 0.4) is 0 Å². The number of fused-ring (bicyclic) bond motifs is 1. The molecule has 1 aromatic heterocycles. The van der Waals surface area contributed by atoms with E-state index in [0.717, 1.165) is 12.8 Å². The molecule has 138 valence electrons. The Kier molecular flexibility index (Phi) is 9.64. The first-order valence-electron chi connectivity index (χ1n) is 7.28. The Morgan fingerprint density at radius 1 is 1.32 bits per heavy atom. The molecule has 2 rings (SSSR count).